The van der Waals surface area contributed by atoms with Gasteiger partial charge < -0.3 is 9.64 Å². The van der Waals surface area contributed by atoms with Crippen LogP contribution in [0.1, 0.15) is 32.9 Å². The highest BCUT2D eigenvalue weighted by Gasteiger charge is 2.20. The molecule has 32 heavy (non-hydrogen) atoms. The summed E-state index contributed by atoms with van der Waals surface area (Å²) in [5.74, 6) is 0.438. The van der Waals surface area contributed by atoms with E-state index in [2.05, 4.69) is 37.0 Å². The van der Waals surface area contributed by atoms with Crippen LogP contribution in [0.5, 0.6) is 5.75 Å². The number of carbonyl (C=O) groups excluding carboxylic acids is 1. The van der Waals surface area contributed by atoms with Crippen molar-refractivity contribution in [1.82, 2.24) is 9.88 Å². The molecule has 1 heterocycles. The highest BCUT2D eigenvalue weighted by atomic mass is 32.2. The van der Waals surface area contributed by atoms with Gasteiger partial charge in [-0.1, -0.05) is 29.8 Å². The zero-order valence-corrected chi connectivity index (χ0v) is 20.6. The molecule has 3 aromatic rings. The molecule has 0 bridgehead atoms. The molecule has 1 aromatic heterocycles. The summed E-state index contributed by atoms with van der Waals surface area (Å²) in [5.41, 5.74) is 4.12. The number of carbonyl (C=O) groups is 1. The van der Waals surface area contributed by atoms with Crippen LogP contribution in [-0.2, 0) is 9.84 Å². The highest BCUT2D eigenvalue weighted by molar-refractivity contribution is 7.90. The molecule has 2 aromatic carbocycles. The number of thiazole rings is 1. The van der Waals surface area contributed by atoms with Gasteiger partial charge in [-0.05, 0) is 51.0 Å². The third-order valence-electron chi connectivity index (χ3n) is 5.09. The maximum absolute atomic E-state index is 13.0. The van der Waals surface area contributed by atoms with E-state index in [9.17, 15) is 13.2 Å². The molecule has 0 spiro atoms. The molecule has 0 radical (unpaired) electrons. The quantitative estimate of drug-likeness (QED) is 0.445. The van der Waals surface area contributed by atoms with Crippen LogP contribution < -0.4 is 4.74 Å². The number of rotatable bonds is 8. The second-order valence-corrected chi connectivity index (χ2v) is 10.9. The number of aromatic nitrogens is 1. The fourth-order valence-corrected chi connectivity index (χ4v) is 5.13. The normalized spacial score (nSPS) is 11.4. The highest BCUT2D eigenvalue weighted by Crippen LogP contribution is 2.31. The molecule has 0 atom stereocenters. The molecule has 0 aliphatic rings. The average Bonchev–Trinajstić information content (AvgIpc) is 3.11. The van der Waals surface area contributed by atoms with Crippen LogP contribution in [0.3, 0.4) is 0 Å². The molecule has 1 amide bonds. The van der Waals surface area contributed by atoms with Gasteiger partial charge >= 0.3 is 0 Å². The van der Waals surface area contributed by atoms with Crippen molar-refractivity contribution in [2.75, 3.05) is 26.5 Å². The summed E-state index contributed by atoms with van der Waals surface area (Å²) in [4.78, 5) is 20.1. The zero-order valence-electron chi connectivity index (χ0n) is 19.0. The van der Waals surface area contributed by atoms with Crippen LogP contribution in [0.15, 0.2) is 47.4 Å². The number of ether oxygens (including phenoxy) is 1. The minimum atomic E-state index is -3.28. The number of amides is 1. The van der Waals surface area contributed by atoms with Gasteiger partial charge in [-0.2, -0.15) is 0 Å². The van der Waals surface area contributed by atoms with Gasteiger partial charge in [0.25, 0.3) is 5.91 Å². The predicted molar refractivity (Wildman–Crippen MR) is 128 cm³/mol. The fourth-order valence-electron chi connectivity index (χ4n) is 3.32. The number of sulfone groups is 1. The van der Waals surface area contributed by atoms with Gasteiger partial charge in [-0.3, -0.25) is 4.79 Å². The molecule has 0 fully saturated rings. The number of nitrogens with zero attached hydrogens (tertiary/aromatic N) is 2. The molecular formula is C24H28N2O4S2. The van der Waals surface area contributed by atoms with Gasteiger partial charge in [0.2, 0.25) is 0 Å². The lowest BCUT2D eigenvalue weighted by atomic mass is 10.1. The van der Waals surface area contributed by atoms with E-state index in [1.54, 1.807) is 30.1 Å². The molecule has 6 nitrogen and oxygen atoms in total. The number of hydrogen-bond acceptors (Lipinski definition) is 6. The summed E-state index contributed by atoms with van der Waals surface area (Å²) in [7, 11) is -1.51. The van der Waals surface area contributed by atoms with E-state index < -0.39 is 9.84 Å². The Balaban J connectivity index is 1.59. The first-order valence-electron chi connectivity index (χ1n) is 10.3. The van der Waals surface area contributed by atoms with Crippen molar-refractivity contribution < 1.29 is 17.9 Å². The van der Waals surface area contributed by atoms with Gasteiger partial charge in [0.05, 0.1) is 17.2 Å². The van der Waals surface area contributed by atoms with Crippen molar-refractivity contribution in [3.8, 4) is 16.3 Å². The van der Waals surface area contributed by atoms with Crippen molar-refractivity contribution in [3.05, 3.63) is 64.2 Å². The van der Waals surface area contributed by atoms with Crippen LogP contribution in [0, 0.1) is 20.8 Å². The molecule has 0 saturated heterocycles. The molecule has 0 unspecified atom stereocenters. The van der Waals surface area contributed by atoms with Crippen molar-refractivity contribution >= 4 is 27.1 Å². The molecule has 0 aliphatic carbocycles. The Bertz CT molecular complexity index is 1230. The monoisotopic (exact) mass is 472 g/mol. The van der Waals surface area contributed by atoms with Gasteiger partial charge in [0, 0.05) is 25.4 Å². The Kier molecular flexibility index (Phi) is 7.36. The molecule has 0 aliphatic heterocycles. The molecule has 8 heteroatoms. The largest absolute Gasteiger partial charge is 0.493 e. The predicted octanol–water partition coefficient (Wildman–Crippen LogP) is 4.68. The van der Waals surface area contributed by atoms with Gasteiger partial charge in [-0.25, -0.2) is 13.4 Å². The summed E-state index contributed by atoms with van der Waals surface area (Å²) in [5, 5.41) is 0.853. The minimum absolute atomic E-state index is 0.0601. The molecule has 3 rings (SSSR count). The third-order valence-corrected chi connectivity index (χ3v) is 7.38. The van der Waals surface area contributed by atoms with Crippen molar-refractivity contribution in [2.24, 2.45) is 0 Å². The first-order chi connectivity index (χ1) is 15.1. The maximum atomic E-state index is 13.0. The first kappa shape index (κ1) is 23.9. The van der Waals surface area contributed by atoms with Crippen LogP contribution in [0.2, 0.25) is 0 Å². The Morgan fingerprint density at radius 3 is 2.56 bits per heavy atom. The molecular weight excluding hydrogens is 444 g/mol. The smallest absolute Gasteiger partial charge is 0.265 e. The summed E-state index contributed by atoms with van der Waals surface area (Å²) < 4.78 is 29.0. The minimum Gasteiger partial charge on any atom is -0.493 e. The second-order valence-electron chi connectivity index (χ2n) is 7.93. The number of hydrogen-bond donors (Lipinski definition) is 0. The summed E-state index contributed by atoms with van der Waals surface area (Å²) in [6.07, 6.45) is 1.78. The Labute approximate surface area is 193 Å². The molecule has 0 saturated carbocycles. The van der Waals surface area contributed by atoms with Crippen LogP contribution in [-0.4, -0.2) is 50.7 Å². The number of benzene rings is 2. The fraction of sp³-hybridized carbons (Fsp3) is 0.333. The summed E-state index contributed by atoms with van der Waals surface area (Å²) >= 11 is 1.42. The molecule has 170 valence electrons. The average molecular weight is 473 g/mol. The van der Waals surface area contributed by atoms with Gasteiger partial charge in [-0.15, -0.1) is 11.3 Å². The van der Waals surface area contributed by atoms with Crippen molar-refractivity contribution in [3.63, 3.8) is 0 Å². The van der Waals surface area contributed by atoms with Crippen LogP contribution >= 0.6 is 11.3 Å². The van der Waals surface area contributed by atoms with E-state index in [0.717, 1.165) is 21.8 Å². The third kappa shape index (κ3) is 5.75. The van der Waals surface area contributed by atoms with E-state index in [-0.39, 0.29) is 10.8 Å². The lowest BCUT2D eigenvalue weighted by molar-refractivity contribution is 0.0791. The van der Waals surface area contributed by atoms with E-state index in [1.165, 1.54) is 29.2 Å². The van der Waals surface area contributed by atoms with Crippen molar-refractivity contribution in [1.29, 1.82) is 0 Å². The van der Waals surface area contributed by atoms with E-state index in [0.29, 0.717) is 30.2 Å². The van der Waals surface area contributed by atoms with Crippen LogP contribution in [0.25, 0.3) is 10.6 Å². The summed E-state index contributed by atoms with van der Waals surface area (Å²) in [6.45, 7) is 6.86. The Hall–Kier alpha value is -2.71. The maximum Gasteiger partial charge on any atom is 0.265 e. The first-order valence-corrected chi connectivity index (χ1v) is 13.0. The van der Waals surface area contributed by atoms with Gasteiger partial charge in [0.15, 0.2) is 9.84 Å². The lowest BCUT2D eigenvalue weighted by Gasteiger charge is -2.16. The standard InChI is InChI=1S/C24H28N2O4S2/c1-16-10-11-21(17(2)14-16)23-25-18(3)22(31-23)24(27)26(4)12-7-13-30-19-8-6-9-20(15-19)32(5,28)29/h6,8-11,14-15H,7,12-13H2,1-5H3. The number of aryl methyl sites for hydroxylation is 3. The van der Waals surface area contributed by atoms with E-state index in [1.807, 2.05) is 6.92 Å². The van der Waals surface area contributed by atoms with Crippen LogP contribution in [0.4, 0.5) is 0 Å². The Morgan fingerprint density at radius 1 is 1.12 bits per heavy atom. The van der Waals surface area contributed by atoms with Gasteiger partial charge in [0.1, 0.15) is 15.6 Å². The molecule has 0 N–H and O–H groups in total. The summed E-state index contributed by atoms with van der Waals surface area (Å²) in [6, 6.07) is 12.7. The topological polar surface area (TPSA) is 76.6 Å². The lowest BCUT2D eigenvalue weighted by Crippen LogP contribution is -2.28. The van der Waals surface area contributed by atoms with E-state index >= 15 is 0 Å². The van der Waals surface area contributed by atoms with E-state index in [4.69, 9.17) is 4.74 Å². The SMILES string of the molecule is Cc1ccc(-c2nc(C)c(C(=O)N(C)CCCOc3cccc(S(C)(=O)=O)c3)s2)c(C)c1. The zero-order chi connectivity index (χ0) is 23.5. The Morgan fingerprint density at radius 2 is 1.88 bits per heavy atom. The second kappa shape index (κ2) is 9.83. The van der Waals surface area contributed by atoms with Crippen molar-refractivity contribution in [2.45, 2.75) is 32.1 Å².